The van der Waals surface area contributed by atoms with E-state index < -0.39 is 28.3 Å². The molecule has 2 aromatic heterocycles. The number of halogens is 3. The smallest absolute Gasteiger partial charge is 0.350 e. The number of carbonyl (C=O) groups excluding carboxylic acids is 1. The van der Waals surface area contributed by atoms with Crippen molar-refractivity contribution < 1.29 is 26.9 Å². The summed E-state index contributed by atoms with van der Waals surface area (Å²) >= 11 is 0. The fourth-order valence-electron chi connectivity index (χ4n) is 6.13. The Morgan fingerprint density at radius 2 is 1.95 bits per heavy atom. The molecule has 3 aliphatic rings. The summed E-state index contributed by atoms with van der Waals surface area (Å²) in [4.78, 5) is 17.1. The van der Waals surface area contributed by atoms with Gasteiger partial charge < -0.3 is 20.2 Å². The van der Waals surface area contributed by atoms with Gasteiger partial charge in [0.2, 0.25) is 0 Å². The molecule has 0 radical (unpaired) electrons. The highest BCUT2D eigenvalue weighted by atomic mass is 32.2. The number of allylic oxidation sites excluding steroid dienone is 3. The first-order valence-corrected chi connectivity index (χ1v) is 15.5. The van der Waals surface area contributed by atoms with Crippen LogP contribution in [0.1, 0.15) is 36.9 Å². The zero-order valence-electron chi connectivity index (χ0n) is 24.3. The summed E-state index contributed by atoms with van der Waals surface area (Å²) < 4.78 is 67.8. The number of pyridine rings is 1. The maximum atomic E-state index is 15.8. The van der Waals surface area contributed by atoms with Crippen molar-refractivity contribution in [3.8, 4) is 0 Å². The summed E-state index contributed by atoms with van der Waals surface area (Å²) in [5.41, 5.74) is 0.876. The minimum atomic E-state index is -3.49. The fraction of sp³-hybridized carbons (Fsp3) is 0.387. The second kappa shape index (κ2) is 11.9. The van der Waals surface area contributed by atoms with Crippen LogP contribution in [-0.4, -0.2) is 54.9 Å². The molecule has 0 spiro atoms. The highest BCUT2D eigenvalue weighted by Gasteiger charge is 2.49. The molecule has 1 aromatic carbocycles. The topological polar surface area (TPSA) is 101 Å². The number of ether oxygens (including phenoxy) is 1. The first-order valence-electron chi connectivity index (χ1n) is 14.4. The summed E-state index contributed by atoms with van der Waals surface area (Å²) in [6, 6.07) is 5.96. The largest absolute Gasteiger partial charge is 0.378 e. The van der Waals surface area contributed by atoms with Gasteiger partial charge in [0.05, 0.1) is 30.4 Å². The van der Waals surface area contributed by atoms with Gasteiger partial charge in [0.15, 0.2) is 5.03 Å². The molecule has 2 N–H and O–H groups in total. The number of benzene rings is 1. The molecule has 1 saturated heterocycles. The Balaban J connectivity index is 1.35. The van der Waals surface area contributed by atoms with E-state index in [-0.39, 0.29) is 36.2 Å². The van der Waals surface area contributed by atoms with Gasteiger partial charge in [0.25, 0.3) is 0 Å². The number of anilines is 1. The van der Waals surface area contributed by atoms with Crippen LogP contribution in [0.4, 0.5) is 18.9 Å². The van der Waals surface area contributed by atoms with Crippen LogP contribution in [0.5, 0.6) is 0 Å². The number of rotatable bonds is 10. The van der Waals surface area contributed by atoms with Gasteiger partial charge in [-0.3, -0.25) is 9.67 Å². The Labute approximate surface area is 255 Å². The Morgan fingerprint density at radius 1 is 1.18 bits per heavy atom. The number of nitrogens with zero attached hydrogens (tertiary/aromatic N) is 4. The van der Waals surface area contributed by atoms with Gasteiger partial charge in [-0.15, -0.1) is 0 Å². The van der Waals surface area contributed by atoms with Crippen LogP contribution in [0.2, 0.25) is 0 Å². The van der Waals surface area contributed by atoms with E-state index in [1.54, 1.807) is 37.0 Å². The predicted molar refractivity (Wildman–Crippen MR) is 158 cm³/mol. The maximum absolute atomic E-state index is 15.8. The number of alkyl halides is 2. The molecule has 3 heterocycles. The van der Waals surface area contributed by atoms with E-state index in [4.69, 9.17) is 4.74 Å². The van der Waals surface area contributed by atoms with Crippen molar-refractivity contribution in [1.82, 2.24) is 24.4 Å². The molecule has 6 rings (SSSR count). The lowest BCUT2D eigenvalue weighted by Gasteiger charge is -2.48. The standard InChI is InChI=1S/C31H33F3N6O3S/c1-20-13-22(9-11-35-20)31(33,34)37-28-16-30(19-41)15-25(40(26-17-43-18-26)44(42)29-10-12-39(2)38-29)8-3-21(30)14-27(28)36-24-6-4-23(32)5-7-24/h4-7,9-14,19,25-26,36-37H,3,8,15-18H2,1-2H3. The maximum Gasteiger partial charge on any atom is 0.350 e. The molecular formula is C31H33F3N6O3S. The van der Waals surface area contributed by atoms with Gasteiger partial charge >= 0.3 is 6.05 Å². The van der Waals surface area contributed by atoms with E-state index in [9.17, 15) is 13.4 Å². The third kappa shape index (κ3) is 5.95. The van der Waals surface area contributed by atoms with Crippen molar-refractivity contribution in [1.29, 1.82) is 0 Å². The molecule has 1 saturated carbocycles. The number of carbonyl (C=O) groups is 1. The van der Waals surface area contributed by atoms with Gasteiger partial charge in [0.1, 0.15) is 23.1 Å². The third-order valence-corrected chi connectivity index (χ3v) is 9.99. The minimum Gasteiger partial charge on any atom is -0.378 e. The minimum absolute atomic E-state index is 0.0345. The molecule has 44 heavy (non-hydrogen) atoms. The number of nitrogens with one attached hydrogen (secondary N) is 2. The number of aldehydes is 1. The summed E-state index contributed by atoms with van der Waals surface area (Å²) in [6.07, 6.45) is 6.99. The molecule has 3 aromatic rings. The average molecular weight is 627 g/mol. The van der Waals surface area contributed by atoms with E-state index in [1.807, 2.05) is 4.31 Å². The molecule has 3 atom stereocenters. The van der Waals surface area contributed by atoms with Gasteiger partial charge in [-0.05, 0) is 74.7 Å². The Bertz CT molecular complexity index is 1640. The summed E-state index contributed by atoms with van der Waals surface area (Å²) in [7, 11) is 0.143. The van der Waals surface area contributed by atoms with Crippen LogP contribution >= 0.6 is 0 Å². The van der Waals surface area contributed by atoms with Gasteiger partial charge in [-0.25, -0.2) is 12.9 Å². The van der Waals surface area contributed by atoms with Crippen molar-refractivity contribution in [2.24, 2.45) is 12.5 Å². The molecule has 9 nitrogen and oxygen atoms in total. The number of fused-ring (bicyclic) bond motifs is 1. The Kier molecular flexibility index (Phi) is 8.20. The lowest BCUT2D eigenvalue weighted by atomic mass is 9.64. The zero-order valence-corrected chi connectivity index (χ0v) is 25.1. The van der Waals surface area contributed by atoms with E-state index in [0.717, 1.165) is 11.9 Å². The third-order valence-electron chi connectivity index (χ3n) is 8.44. The SMILES string of the molecule is Cc1cc(C(F)(F)NC2=C(Nc3ccc(F)cc3)C=C3CCC(N(C4COC4)S(=O)c4ccn(C)n4)CC3(C=O)C2)ccn1. The highest BCUT2D eigenvalue weighted by molar-refractivity contribution is 7.82. The zero-order chi connectivity index (χ0) is 31.1. The quantitative estimate of drug-likeness (QED) is 0.248. The van der Waals surface area contributed by atoms with Crippen LogP contribution in [0.15, 0.2) is 82.9 Å². The van der Waals surface area contributed by atoms with Crippen molar-refractivity contribution in [2.45, 2.75) is 55.8 Å². The lowest BCUT2D eigenvalue weighted by molar-refractivity contribution is -0.117. The molecule has 0 bridgehead atoms. The number of hydrogen-bond donors (Lipinski definition) is 2. The highest BCUT2D eigenvalue weighted by Crippen LogP contribution is 2.50. The average Bonchev–Trinajstić information content (AvgIpc) is 3.42. The molecule has 2 aliphatic carbocycles. The van der Waals surface area contributed by atoms with Gasteiger partial charge in [-0.1, -0.05) is 5.57 Å². The van der Waals surface area contributed by atoms with Crippen molar-refractivity contribution >= 4 is 23.0 Å². The van der Waals surface area contributed by atoms with Crippen LogP contribution in [0.25, 0.3) is 0 Å². The number of aryl methyl sites for hydroxylation is 2. The van der Waals surface area contributed by atoms with Gasteiger partial charge in [-0.2, -0.15) is 13.9 Å². The van der Waals surface area contributed by atoms with Gasteiger partial charge in [0, 0.05) is 54.5 Å². The normalized spacial score (nSPS) is 23.0. The second-order valence-electron chi connectivity index (χ2n) is 11.6. The van der Waals surface area contributed by atoms with Crippen LogP contribution in [0.3, 0.4) is 0 Å². The molecule has 2 fully saturated rings. The molecule has 0 amide bonds. The molecule has 232 valence electrons. The van der Waals surface area contributed by atoms with Crippen LogP contribution in [0, 0.1) is 18.2 Å². The fourth-order valence-corrected chi connectivity index (χ4v) is 7.56. The Morgan fingerprint density at radius 3 is 2.59 bits per heavy atom. The lowest BCUT2D eigenvalue weighted by Crippen LogP contribution is -2.56. The Hall–Kier alpha value is -3.81. The second-order valence-corrected chi connectivity index (χ2v) is 12.9. The summed E-state index contributed by atoms with van der Waals surface area (Å²) in [5.74, 6) is -0.424. The predicted octanol–water partition coefficient (Wildman–Crippen LogP) is 4.72. The summed E-state index contributed by atoms with van der Waals surface area (Å²) in [5, 5.41) is 10.3. The van der Waals surface area contributed by atoms with E-state index in [2.05, 4.69) is 20.7 Å². The first kappa shape index (κ1) is 30.2. The van der Waals surface area contributed by atoms with Crippen LogP contribution < -0.4 is 10.6 Å². The van der Waals surface area contributed by atoms with E-state index in [0.29, 0.717) is 48.2 Å². The molecule has 1 aliphatic heterocycles. The first-order chi connectivity index (χ1) is 21.1. The molecule has 13 heteroatoms. The summed E-state index contributed by atoms with van der Waals surface area (Å²) in [6.45, 7) is 2.44. The van der Waals surface area contributed by atoms with Crippen molar-refractivity contribution in [3.63, 3.8) is 0 Å². The number of hydrogen-bond acceptors (Lipinski definition) is 7. The van der Waals surface area contributed by atoms with Crippen molar-refractivity contribution in [3.05, 3.63) is 95.0 Å². The monoisotopic (exact) mass is 626 g/mol. The van der Waals surface area contributed by atoms with Crippen molar-refractivity contribution in [2.75, 3.05) is 18.5 Å². The molecular weight excluding hydrogens is 593 g/mol. The number of aromatic nitrogens is 3. The van der Waals surface area contributed by atoms with Crippen LogP contribution in [-0.2, 0) is 33.6 Å². The van der Waals surface area contributed by atoms with E-state index in [1.165, 1.54) is 42.6 Å². The van der Waals surface area contributed by atoms with E-state index >= 15 is 8.78 Å². The molecule has 3 unspecified atom stereocenters.